The van der Waals surface area contributed by atoms with Gasteiger partial charge in [-0.25, -0.2) is 9.59 Å². The second-order valence-electron chi connectivity index (χ2n) is 14.9. The minimum Gasteiger partial charge on any atom is -0.458 e. The molecule has 0 aliphatic carbocycles. The number of ether oxygens (including phenoxy) is 4. The highest BCUT2D eigenvalue weighted by Gasteiger charge is 2.44. The van der Waals surface area contributed by atoms with Gasteiger partial charge in [-0.15, -0.1) is 0 Å². The Balaban J connectivity index is 2.45. The molecule has 0 radical (unpaired) electrons. The third kappa shape index (κ3) is 27.8. The molecule has 1 rings (SSSR count). The molecule has 10 heteroatoms. The molecule has 318 valence electrons. The lowest BCUT2D eigenvalue weighted by Crippen LogP contribution is -2.59. The van der Waals surface area contributed by atoms with Gasteiger partial charge in [-0.05, 0) is 25.7 Å². The Morgan fingerprint density at radius 1 is 0.564 bits per heavy atom. The molecule has 1 saturated heterocycles. The maximum atomic E-state index is 12.6. The first-order valence-electron chi connectivity index (χ1n) is 21.8. The van der Waals surface area contributed by atoms with Gasteiger partial charge in [0.05, 0.1) is 13.2 Å². The van der Waals surface area contributed by atoms with Crippen LogP contribution in [0.1, 0.15) is 168 Å². The lowest BCUT2D eigenvalue weighted by molar-refractivity contribution is -0.305. The monoisotopic (exact) mass is 779 g/mol. The topological polar surface area (TPSA) is 152 Å². The van der Waals surface area contributed by atoms with E-state index in [-0.39, 0.29) is 13.2 Å². The molecule has 1 fully saturated rings. The van der Waals surface area contributed by atoms with Crippen LogP contribution in [0.2, 0.25) is 0 Å². The van der Waals surface area contributed by atoms with E-state index in [9.17, 15) is 30.0 Å². The van der Waals surface area contributed by atoms with E-state index in [1.165, 1.54) is 141 Å². The molecule has 0 aromatic carbocycles. The number of rotatable bonds is 35. The van der Waals surface area contributed by atoms with Crippen molar-refractivity contribution in [3.05, 3.63) is 48.6 Å². The zero-order chi connectivity index (χ0) is 40.2. The molecule has 0 aromatic heterocycles. The highest BCUT2D eigenvalue weighted by atomic mass is 16.7. The zero-order valence-corrected chi connectivity index (χ0v) is 34.4. The molecular formula is C45H78O10. The van der Waals surface area contributed by atoms with Crippen LogP contribution in [0.5, 0.6) is 0 Å². The Bertz CT molecular complexity index is 1040. The number of carbonyl (C=O) groups is 2. The van der Waals surface area contributed by atoms with Crippen LogP contribution in [0.3, 0.4) is 0 Å². The van der Waals surface area contributed by atoms with Crippen molar-refractivity contribution in [1.29, 1.82) is 0 Å². The SMILES string of the molecule is CCCCCCCCCCCCC/C=C/C=C/C(=O)OC[C@@H](CO[C@H]1O[C@@H](CO)[C@@H](O)C(O)C1O)OC(=O)/C=C/C=C/CCCCCCCCCCCCC. The second kappa shape index (κ2) is 36.0. The van der Waals surface area contributed by atoms with Crippen molar-refractivity contribution in [2.75, 3.05) is 19.8 Å². The van der Waals surface area contributed by atoms with E-state index in [1.54, 1.807) is 18.2 Å². The van der Waals surface area contributed by atoms with Crippen molar-refractivity contribution < 1.29 is 49.0 Å². The first kappa shape index (κ1) is 50.7. The Morgan fingerprint density at radius 3 is 1.45 bits per heavy atom. The fourth-order valence-electron chi connectivity index (χ4n) is 6.42. The van der Waals surface area contributed by atoms with Crippen LogP contribution >= 0.6 is 0 Å². The Kier molecular flexibility index (Phi) is 33.2. The summed E-state index contributed by atoms with van der Waals surface area (Å²) in [5, 5.41) is 40.0. The summed E-state index contributed by atoms with van der Waals surface area (Å²) in [7, 11) is 0. The number of aliphatic hydroxyl groups is 4. The van der Waals surface area contributed by atoms with Gasteiger partial charge < -0.3 is 39.4 Å². The highest BCUT2D eigenvalue weighted by molar-refractivity contribution is 5.83. The first-order valence-corrected chi connectivity index (χ1v) is 21.8. The smallest absolute Gasteiger partial charge is 0.331 e. The molecule has 1 heterocycles. The number of hydrogen-bond donors (Lipinski definition) is 4. The number of carbonyl (C=O) groups excluding carboxylic acids is 2. The predicted molar refractivity (Wildman–Crippen MR) is 219 cm³/mol. The molecule has 10 nitrogen and oxygen atoms in total. The first-order chi connectivity index (χ1) is 26.8. The van der Waals surface area contributed by atoms with Gasteiger partial charge in [-0.2, -0.15) is 0 Å². The van der Waals surface area contributed by atoms with Crippen LogP contribution in [0.15, 0.2) is 48.6 Å². The van der Waals surface area contributed by atoms with E-state index in [1.807, 2.05) is 18.2 Å². The van der Waals surface area contributed by atoms with Gasteiger partial charge in [-0.3, -0.25) is 0 Å². The quantitative estimate of drug-likeness (QED) is 0.0213. The van der Waals surface area contributed by atoms with Crippen LogP contribution in [0.25, 0.3) is 0 Å². The van der Waals surface area contributed by atoms with Crippen LogP contribution in [0, 0.1) is 0 Å². The van der Waals surface area contributed by atoms with E-state index < -0.39 is 55.4 Å². The van der Waals surface area contributed by atoms with Crippen LogP contribution in [-0.4, -0.2) is 89.0 Å². The van der Waals surface area contributed by atoms with Gasteiger partial charge >= 0.3 is 11.9 Å². The maximum Gasteiger partial charge on any atom is 0.331 e. The fraction of sp³-hybridized carbons (Fsp3) is 0.778. The van der Waals surface area contributed by atoms with Gasteiger partial charge in [0.15, 0.2) is 12.4 Å². The third-order valence-electron chi connectivity index (χ3n) is 9.90. The molecule has 0 amide bonds. The summed E-state index contributed by atoms with van der Waals surface area (Å²) in [6.45, 7) is 3.19. The average molecular weight is 779 g/mol. The molecule has 0 saturated carbocycles. The third-order valence-corrected chi connectivity index (χ3v) is 9.90. The van der Waals surface area contributed by atoms with E-state index >= 15 is 0 Å². The van der Waals surface area contributed by atoms with E-state index in [2.05, 4.69) is 13.8 Å². The van der Waals surface area contributed by atoms with E-state index in [0.717, 1.165) is 25.7 Å². The minimum atomic E-state index is -1.62. The van der Waals surface area contributed by atoms with Crippen LogP contribution < -0.4 is 0 Å². The van der Waals surface area contributed by atoms with E-state index in [0.29, 0.717) is 0 Å². The Labute approximate surface area is 333 Å². The second-order valence-corrected chi connectivity index (χ2v) is 14.9. The Morgan fingerprint density at radius 2 is 1.00 bits per heavy atom. The summed E-state index contributed by atoms with van der Waals surface area (Å²) in [5.74, 6) is -1.31. The predicted octanol–water partition coefficient (Wildman–Crippen LogP) is 8.88. The lowest BCUT2D eigenvalue weighted by atomic mass is 9.99. The summed E-state index contributed by atoms with van der Waals surface area (Å²) < 4.78 is 21.8. The van der Waals surface area contributed by atoms with Gasteiger partial charge in [0, 0.05) is 12.2 Å². The van der Waals surface area contributed by atoms with Gasteiger partial charge in [-0.1, -0.05) is 179 Å². The minimum absolute atomic E-state index is 0.336. The van der Waals surface area contributed by atoms with Crippen molar-refractivity contribution >= 4 is 11.9 Å². The van der Waals surface area contributed by atoms with Crippen molar-refractivity contribution in [2.45, 2.75) is 205 Å². The number of esters is 2. The van der Waals surface area contributed by atoms with Crippen LogP contribution in [0.4, 0.5) is 0 Å². The average Bonchev–Trinajstić information content (AvgIpc) is 3.18. The molecule has 0 aromatic rings. The van der Waals surface area contributed by atoms with Gasteiger partial charge in [0.25, 0.3) is 0 Å². The standard InChI is InChI=1S/C45H78O10/c1-3-5-7-9-11-13-15-17-19-21-23-25-27-29-31-33-40(47)52-36-38(37-53-45-44(51)43(50)42(49)39(35-46)55-45)54-41(48)34-32-30-28-26-24-22-20-18-16-14-12-10-8-6-4-2/h27-34,38-39,42-46,49-51H,3-26,35-37H2,1-2H3/b29-27+,30-28+,33-31+,34-32+/t38-,39-,42+,43?,44?,45-/m0/s1. The number of unbranched alkanes of at least 4 members (excludes halogenated alkanes) is 22. The van der Waals surface area contributed by atoms with Crippen molar-refractivity contribution in [3.63, 3.8) is 0 Å². The summed E-state index contributed by atoms with van der Waals surface area (Å²) in [5.41, 5.74) is 0. The summed E-state index contributed by atoms with van der Waals surface area (Å²) in [6, 6.07) is 0. The number of hydrogen-bond acceptors (Lipinski definition) is 10. The Hall–Kier alpha value is -2.34. The maximum absolute atomic E-state index is 12.6. The molecule has 0 spiro atoms. The molecule has 2 unspecified atom stereocenters. The summed E-state index contributed by atoms with van der Waals surface area (Å²) in [4.78, 5) is 25.0. The number of aliphatic hydroxyl groups excluding tert-OH is 4. The highest BCUT2D eigenvalue weighted by Crippen LogP contribution is 2.22. The molecule has 0 bridgehead atoms. The van der Waals surface area contributed by atoms with Crippen molar-refractivity contribution in [2.24, 2.45) is 0 Å². The molecular weight excluding hydrogens is 700 g/mol. The normalized spacial score (nSPS) is 21.0. The molecule has 1 aliphatic rings. The molecule has 55 heavy (non-hydrogen) atoms. The zero-order valence-electron chi connectivity index (χ0n) is 34.4. The molecule has 1 aliphatic heterocycles. The largest absolute Gasteiger partial charge is 0.458 e. The van der Waals surface area contributed by atoms with Crippen molar-refractivity contribution in [1.82, 2.24) is 0 Å². The summed E-state index contributed by atoms with van der Waals surface area (Å²) >= 11 is 0. The fourth-order valence-corrected chi connectivity index (χ4v) is 6.42. The van der Waals surface area contributed by atoms with Crippen LogP contribution in [-0.2, 0) is 28.5 Å². The van der Waals surface area contributed by atoms with E-state index in [4.69, 9.17) is 18.9 Å². The molecule has 4 N–H and O–H groups in total. The van der Waals surface area contributed by atoms with Gasteiger partial charge in [0.2, 0.25) is 0 Å². The molecule has 6 atom stereocenters. The van der Waals surface area contributed by atoms with Gasteiger partial charge in [0.1, 0.15) is 31.0 Å². The lowest BCUT2D eigenvalue weighted by Gasteiger charge is -2.39. The number of allylic oxidation sites excluding steroid dienone is 6. The summed E-state index contributed by atoms with van der Waals surface area (Å²) in [6.07, 6.45) is 35.2. The van der Waals surface area contributed by atoms with Crippen molar-refractivity contribution in [3.8, 4) is 0 Å².